The summed E-state index contributed by atoms with van der Waals surface area (Å²) in [6, 6.07) is 1.84. The summed E-state index contributed by atoms with van der Waals surface area (Å²) in [6.07, 6.45) is -0.578. The molecule has 0 saturated carbocycles. The number of aliphatic carboxylic acids is 1. The molecule has 0 fully saturated rings. The number of rotatable bonds is 4. The Morgan fingerprint density at radius 1 is 1.90 bits per heavy atom. The SMILES string of the molecule is CC(OCCC#N)C(=O)O. The van der Waals surface area contributed by atoms with E-state index in [-0.39, 0.29) is 13.0 Å². The zero-order chi connectivity index (χ0) is 7.98. The Morgan fingerprint density at radius 2 is 2.50 bits per heavy atom. The van der Waals surface area contributed by atoms with Crippen molar-refractivity contribution in [2.24, 2.45) is 0 Å². The average molecular weight is 143 g/mol. The highest BCUT2D eigenvalue weighted by Crippen LogP contribution is 1.90. The van der Waals surface area contributed by atoms with Crippen LogP contribution in [0.3, 0.4) is 0 Å². The lowest BCUT2D eigenvalue weighted by molar-refractivity contribution is -0.148. The van der Waals surface area contributed by atoms with Crippen molar-refractivity contribution in [2.75, 3.05) is 6.61 Å². The summed E-state index contributed by atoms with van der Waals surface area (Å²) in [5.74, 6) is -1.00. The molecule has 0 aromatic carbocycles. The first kappa shape index (κ1) is 8.92. The molecule has 0 aromatic rings. The van der Waals surface area contributed by atoms with Crippen LogP contribution >= 0.6 is 0 Å². The van der Waals surface area contributed by atoms with Crippen LogP contribution in [0.15, 0.2) is 0 Å². The first-order valence-electron chi connectivity index (χ1n) is 2.90. The second kappa shape index (κ2) is 4.77. The normalized spacial score (nSPS) is 12.0. The highest BCUT2D eigenvalue weighted by molar-refractivity contribution is 5.71. The minimum atomic E-state index is -1.00. The lowest BCUT2D eigenvalue weighted by atomic mass is 10.4. The van der Waals surface area contributed by atoms with E-state index in [0.29, 0.717) is 0 Å². The molecule has 0 amide bonds. The lowest BCUT2D eigenvalue weighted by Crippen LogP contribution is -2.20. The number of hydrogen-bond acceptors (Lipinski definition) is 3. The van der Waals surface area contributed by atoms with Gasteiger partial charge in [-0.15, -0.1) is 0 Å². The Kier molecular flexibility index (Phi) is 4.25. The quantitative estimate of drug-likeness (QED) is 0.578. The molecule has 0 saturated heterocycles. The van der Waals surface area contributed by atoms with Gasteiger partial charge in [0.05, 0.1) is 19.1 Å². The Bertz CT molecular complexity index is 150. The van der Waals surface area contributed by atoms with Crippen LogP contribution in [-0.4, -0.2) is 23.8 Å². The van der Waals surface area contributed by atoms with Gasteiger partial charge in [0, 0.05) is 0 Å². The minimum Gasteiger partial charge on any atom is -0.479 e. The van der Waals surface area contributed by atoms with Gasteiger partial charge in [0.2, 0.25) is 0 Å². The van der Waals surface area contributed by atoms with Crippen LogP contribution < -0.4 is 0 Å². The smallest absolute Gasteiger partial charge is 0.332 e. The second-order valence-corrected chi connectivity index (χ2v) is 1.76. The predicted molar refractivity (Wildman–Crippen MR) is 33.3 cm³/mol. The Labute approximate surface area is 59.0 Å². The number of carboxylic acid groups (broad SMARTS) is 1. The van der Waals surface area contributed by atoms with E-state index in [1.807, 2.05) is 6.07 Å². The van der Waals surface area contributed by atoms with E-state index >= 15 is 0 Å². The number of hydrogen-bond donors (Lipinski definition) is 1. The van der Waals surface area contributed by atoms with Gasteiger partial charge in [-0.1, -0.05) is 0 Å². The maximum absolute atomic E-state index is 10.1. The molecule has 1 N–H and O–H groups in total. The van der Waals surface area contributed by atoms with E-state index in [9.17, 15) is 4.79 Å². The van der Waals surface area contributed by atoms with Gasteiger partial charge in [-0.25, -0.2) is 4.79 Å². The molecule has 0 heterocycles. The molecule has 0 rings (SSSR count). The van der Waals surface area contributed by atoms with Crippen LogP contribution in [0.2, 0.25) is 0 Å². The second-order valence-electron chi connectivity index (χ2n) is 1.76. The van der Waals surface area contributed by atoms with Crippen molar-refractivity contribution in [3.05, 3.63) is 0 Å². The van der Waals surface area contributed by atoms with Gasteiger partial charge in [0.15, 0.2) is 6.10 Å². The summed E-state index contributed by atoms with van der Waals surface area (Å²) in [4.78, 5) is 10.1. The maximum atomic E-state index is 10.1. The van der Waals surface area contributed by atoms with Crippen LogP contribution in [0.4, 0.5) is 0 Å². The van der Waals surface area contributed by atoms with Gasteiger partial charge in [-0.05, 0) is 6.92 Å². The molecule has 0 aromatic heterocycles. The Balaban J connectivity index is 3.32. The van der Waals surface area contributed by atoms with Gasteiger partial charge >= 0.3 is 5.97 Å². The van der Waals surface area contributed by atoms with E-state index < -0.39 is 12.1 Å². The highest BCUT2D eigenvalue weighted by atomic mass is 16.5. The minimum absolute atomic E-state index is 0.184. The van der Waals surface area contributed by atoms with Gasteiger partial charge in [-0.3, -0.25) is 0 Å². The van der Waals surface area contributed by atoms with Crippen molar-refractivity contribution in [1.29, 1.82) is 5.26 Å². The van der Waals surface area contributed by atoms with Crippen molar-refractivity contribution in [3.8, 4) is 6.07 Å². The van der Waals surface area contributed by atoms with Crippen molar-refractivity contribution in [1.82, 2.24) is 0 Å². The molecule has 0 aliphatic heterocycles. The van der Waals surface area contributed by atoms with Gasteiger partial charge in [0.25, 0.3) is 0 Å². The monoisotopic (exact) mass is 143 g/mol. The van der Waals surface area contributed by atoms with Gasteiger partial charge in [-0.2, -0.15) is 5.26 Å². The summed E-state index contributed by atoms with van der Waals surface area (Å²) >= 11 is 0. The lowest BCUT2D eigenvalue weighted by Gasteiger charge is -2.04. The fourth-order valence-electron chi connectivity index (χ4n) is 0.353. The first-order chi connectivity index (χ1) is 4.68. The molecular formula is C6H9NO3. The topological polar surface area (TPSA) is 70.3 Å². The predicted octanol–water partition coefficient (Wildman–Crippen LogP) is 0.390. The molecule has 0 radical (unpaired) electrons. The average Bonchev–Trinajstić information content (AvgIpc) is 1.88. The van der Waals surface area contributed by atoms with Crippen LogP contribution in [-0.2, 0) is 9.53 Å². The molecule has 56 valence electrons. The fraction of sp³-hybridized carbons (Fsp3) is 0.667. The summed E-state index contributed by atoms with van der Waals surface area (Å²) in [6.45, 7) is 1.61. The molecule has 1 atom stereocenters. The molecule has 4 heteroatoms. The van der Waals surface area contributed by atoms with Crippen LogP contribution in [0.1, 0.15) is 13.3 Å². The van der Waals surface area contributed by atoms with E-state index in [4.69, 9.17) is 15.1 Å². The van der Waals surface area contributed by atoms with E-state index in [1.165, 1.54) is 6.92 Å². The Morgan fingerprint density at radius 3 is 2.90 bits per heavy atom. The fourth-order valence-corrected chi connectivity index (χ4v) is 0.353. The summed E-state index contributed by atoms with van der Waals surface area (Å²) in [5, 5.41) is 16.3. The van der Waals surface area contributed by atoms with Crippen LogP contribution in [0.5, 0.6) is 0 Å². The molecule has 0 aliphatic rings. The molecule has 0 bridgehead atoms. The molecular weight excluding hydrogens is 134 g/mol. The molecule has 4 nitrogen and oxygen atoms in total. The van der Waals surface area contributed by atoms with Crippen LogP contribution in [0.25, 0.3) is 0 Å². The number of carbonyl (C=O) groups is 1. The molecule has 1 unspecified atom stereocenters. The van der Waals surface area contributed by atoms with Crippen molar-refractivity contribution >= 4 is 5.97 Å². The number of carboxylic acids is 1. The first-order valence-corrected chi connectivity index (χ1v) is 2.90. The van der Waals surface area contributed by atoms with E-state index in [2.05, 4.69) is 0 Å². The standard InChI is InChI=1S/C6H9NO3/c1-5(6(8)9)10-4-2-3-7/h5H,2,4H2,1H3,(H,8,9). The highest BCUT2D eigenvalue weighted by Gasteiger charge is 2.09. The third kappa shape index (κ3) is 3.87. The largest absolute Gasteiger partial charge is 0.479 e. The summed E-state index contributed by atoms with van der Waals surface area (Å²) in [5.41, 5.74) is 0. The Hall–Kier alpha value is -1.08. The van der Waals surface area contributed by atoms with Gasteiger partial charge < -0.3 is 9.84 Å². The summed E-state index contributed by atoms with van der Waals surface area (Å²) in [7, 11) is 0. The molecule has 10 heavy (non-hydrogen) atoms. The zero-order valence-electron chi connectivity index (χ0n) is 5.70. The van der Waals surface area contributed by atoms with Crippen molar-refractivity contribution < 1.29 is 14.6 Å². The van der Waals surface area contributed by atoms with Crippen molar-refractivity contribution in [2.45, 2.75) is 19.4 Å². The van der Waals surface area contributed by atoms with Crippen LogP contribution in [0, 0.1) is 11.3 Å². The zero-order valence-corrected chi connectivity index (χ0v) is 5.70. The van der Waals surface area contributed by atoms with E-state index in [1.54, 1.807) is 0 Å². The number of nitrogens with zero attached hydrogens (tertiary/aromatic N) is 1. The number of nitriles is 1. The molecule has 0 spiro atoms. The third-order valence-electron chi connectivity index (χ3n) is 0.929. The van der Waals surface area contributed by atoms with Crippen molar-refractivity contribution in [3.63, 3.8) is 0 Å². The summed E-state index contributed by atoms with van der Waals surface area (Å²) < 4.78 is 4.72. The van der Waals surface area contributed by atoms with E-state index in [0.717, 1.165) is 0 Å². The number of ether oxygens (including phenoxy) is 1. The third-order valence-corrected chi connectivity index (χ3v) is 0.929. The molecule has 0 aliphatic carbocycles. The van der Waals surface area contributed by atoms with Gasteiger partial charge in [0.1, 0.15) is 0 Å². The maximum Gasteiger partial charge on any atom is 0.332 e.